The largest absolute Gasteiger partial charge is 0.346 e. The minimum absolute atomic E-state index is 1.14. The van der Waals surface area contributed by atoms with Crippen LogP contribution in [-0.4, -0.2) is 4.57 Å². The van der Waals surface area contributed by atoms with Crippen molar-refractivity contribution in [2.45, 2.75) is 52.0 Å². The molecule has 0 spiro atoms. The van der Waals surface area contributed by atoms with E-state index < -0.39 is 0 Å². The predicted molar refractivity (Wildman–Crippen MR) is 56.6 cm³/mol. The Morgan fingerprint density at radius 2 is 1.85 bits per heavy atom. The zero-order valence-corrected chi connectivity index (χ0v) is 8.63. The molecule has 1 aromatic rings. The van der Waals surface area contributed by atoms with Gasteiger partial charge in [-0.25, -0.2) is 0 Å². The van der Waals surface area contributed by atoms with Crippen LogP contribution in [0.1, 0.15) is 45.4 Å². The van der Waals surface area contributed by atoms with E-state index >= 15 is 0 Å². The molecule has 0 aliphatic carbocycles. The van der Waals surface area contributed by atoms with Gasteiger partial charge in [-0.1, -0.05) is 39.0 Å². The molecule has 1 heterocycles. The van der Waals surface area contributed by atoms with Crippen molar-refractivity contribution in [3.8, 4) is 0 Å². The number of rotatable bonds is 7. The fourth-order valence-electron chi connectivity index (χ4n) is 1.53. The van der Waals surface area contributed by atoms with E-state index in [1.54, 1.807) is 0 Å². The van der Waals surface area contributed by atoms with Gasteiger partial charge in [0.1, 0.15) is 0 Å². The Balaban J connectivity index is 1.90. The molecule has 1 nitrogen and oxygen atoms in total. The molecule has 0 saturated heterocycles. The average molecular weight is 178 g/mol. The molecular formula is C12H20N. The second-order valence-electron chi connectivity index (χ2n) is 3.60. The molecule has 0 N–H and O–H groups in total. The lowest BCUT2D eigenvalue weighted by molar-refractivity contribution is 0.558. The van der Waals surface area contributed by atoms with Gasteiger partial charge in [0, 0.05) is 12.7 Å². The van der Waals surface area contributed by atoms with Gasteiger partial charge >= 0.3 is 0 Å². The van der Waals surface area contributed by atoms with Crippen molar-refractivity contribution in [2.75, 3.05) is 0 Å². The maximum atomic E-state index is 3.16. The van der Waals surface area contributed by atoms with Gasteiger partial charge in [-0.05, 0) is 18.6 Å². The van der Waals surface area contributed by atoms with Crippen LogP contribution in [-0.2, 0) is 6.54 Å². The Labute approximate surface area is 81.8 Å². The third-order valence-electron chi connectivity index (χ3n) is 2.36. The Morgan fingerprint density at radius 3 is 2.54 bits per heavy atom. The summed E-state index contributed by atoms with van der Waals surface area (Å²) in [6.45, 7) is 3.40. The fourth-order valence-corrected chi connectivity index (χ4v) is 1.53. The lowest BCUT2D eigenvalue weighted by Gasteiger charge is -2.01. The summed E-state index contributed by atoms with van der Waals surface area (Å²) in [6, 6.07) is 4.01. The summed E-state index contributed by atoms with van der Waals surface area (Å²) in [5, 5.41) is 0. The highest BCUT2D eigenvalue weighted by atomic mass is 14.9. The van der Waals surface area contributed by atoms with E-state index in [1.807, 2.05) is 12.1 Å². The molecular weight excluding hydrogens is 158 g/mol. The minimum Gasteiger partial charge on any atom is -0.346 e. The van der Waals surface area contributed by atoms with Crippen molar-refractivity contribution in [1.29, 1.82) is 0 Å². The van der Waals surface area contributed by atoms with Crippen molar-refractivity contribution in [2.24, 2.45) is 0 Å². The Bertz CT molecular complexity index is 189. The predicted octanol–water partition coefficient (Wildman–Crippen LogP) is 3.65. The summed E-state index contributed by atoms with van der Waals surface area (Å²) in [5.41, 5.74) is 0. The van der Waals surface area contributed by atoms with E-state index in [-0.39, 0.29) is 0 Å². The van der Waals surface area contributed by atoms with Gasteiger partial charge < -0.3 is 4.57 Å². The van der Waals surface area contributed by atoms with Crippen LogP contribution in [0.5, 0.6) is 0 Å². The molecule has 1 aromatic heterocycles. The van der Waals surface area contributed by atoms with Gasteiger partial charge in [-0.3, -0.25) is 0 Å². The molecule has 1 radical (unpaired) electrons. The zero-order chi connectivity index (χ0) is 9.36. The number of aromatic nitrogens is 1. The first-order chi connectivity index (χ1) is 6.43. The van der Waals surface area contributed by atoms with Crippen molar-refractivity contribution in [1.82, 2.24) is 4.57 Å². The van der Waals surface area contributed by atoms with Crippen LogP contribution in [0, 0.1) is 6.20 Å². The minimum atomic E-state index is 1.14. The SMILES string of the molecule is CCCCCCCCn1[c]ccc1. The quantitative estimate of drug-likeness (QED) is 0.562. The molecule has 13 heavy (non-hydrogen) atoms. The first-order valence-corrected chi connectivity index (χ1v) is 5.46. The lowest BCUT2D eigenvalue weighted by atomic mass is 10.1. The molecule has 0 fully saturated rings. The molecule has 1 heteroatoms. The maximum Gasteiger partial charge on any atom is 0.0647 e. The summed E-state index contributed by atoms with van der Waals surface area (Å²) < 4.78 is 2.14. The van der Waals surface area contributed by atoms with Crippen LogP contribution in [0.2, 0.25) is 0 Å². The van der Waals surface area contributed by atoms with E-state index in [2.05, 4.69) is 23.9 Å². The smallest absolute Gasteiger partial charge is 0.0647 e. The van der Waals surface area contributed by atoms with Crippen molar-refractivity contribution in [3.05, 3.63) is 24.5 Å². The lowest BCUT2D eigenvalue weighted by Crippen LogP contribution is -1.93. The standard InChI is InChI=1S/C12H20N/c1-2-3-4-5-6-7-10-13-11-8-9-12-13/h8-9,11H,2-7,10H2,1H3. The molecule has 73 valence electrons. The van der Waals surface area contributed by atoms with Gasteiger partial charge in [0.25, 0.3) is 0 Å². The molecule has 0 aromatic carbocycles. The molecule has 0 saturated carbocycles. The highest BCUT2D eigenvalue weighted by Crippen LogP contribution is 2.06. The molecule has 0 unspecified atom stereocenters. The highest BCUT2D eigenvalue weighted by molar-refractivity contribution is 4.88. The molecule has 0 aliphatic heterocycles. The second kappa shape index (κ2) is 6.76. The summed E-state index contributed by atoms with van der Waals surface area (Å²) >= 11 is 0. The van der Waals surface area contributed by atoms with E-state index in [0.717, 1.165) is 6.54 Å². The van der Waals surface area contributed by atoms with Crippen LogP contribution in [0.4, 0.5) is 0 Å². The summed E-state index contributed by atoms with van der Waals surface area (Å²) in [6.07, 6.45) is 13.5. The second-order valence-corrected chi connectivity index (χ2v) is 3.60. The first-order valence-electron chi connectivity index (χ1n) is 5.46. The molecule has 0 atom stereocenters. The Hall–Kier alpha value is -0.720. The number of aryl methyl sites for hydroxylation is 1. The van der Waals surface area contributed by atoms with Crippen LogP contribution >= 0.6 is 0 Å². The summed E-state index contributed by atoms with van der Waals surface area (Å²) in [5.74, 6) is 0. The normalized spacial score (nSPS) is 10.5. The van der Waals surface area contributed by atoms with E-state index in [0.29, 0.717) is 0 Å². The van der Waals surface area contributed by atoms with Crippen molar-refractivity contribution in [3.63, 3.8) is 0 Å². The van der Waals surface area contributed by atoms with Crippen LogP contribution in [0.25, 0.3) is 0 Å². The topological polar surface area (TPSA) is 4.93 Å². The third kappa shape index (κ3) is 4.76. The number of hydrogen-bond acceptors (Lipinski definition) is 0. The van der Waals surface area contributed by atoms with Gasteiger partial charge in [0.15, 0.2) is 0 Å². The number of hydrogen-bond donors (Lipinski definition) is 0. The molecule has 1 rings (SSSR count). The Kier molecular flexibility index (Phi) is 5.39. The highest BCUT2D eigenvalue weighted by Gasteiger charge is 1.91. The Morgan fingerprint density at radius 1 is 1.08 bits per heavy atom. The monoisotopic (exact) mass is 178 g/mol. The van der Waals surface area contributed by atoms with Gasteiger partial charge in [0.05, 0.1) is 6.20 Å². The van der Waals surface area contributed by atoms with Crippen molar-refractivity contribution >= 4 is 0 Å². The van der Waals surface area contributed by atoms with Crippen molar-refractivity contribution < 1.29 is 0 Å². The fraction of sp³-hybridized carbons (Fsp3) is 0.667. The van der Waals surface area contributed by atoms with E-state index in [9.17, 15) is 0 Å². The van der Waals surface area contributed by atoms with Gasteiger partial charge in [-0.2, -0.15) is 0 Å². The number of unbranched alkanes of at least 4 members (excludes halogenated alkanes) is 5. The van der Waals surface area contributed by atoms with Crippen LogP contribution in [0.15, 0.2) is 18.3 Å². The number of nitrogens with zero attached hydrogens (tertiary/aromatic N) is 1. The summed E-state index contributed by atoms with van der Waals surface area (Å²) in [7, 11) is 0. The van der Waals surface area contributed by atoms with Gasteiger partial charge in [-0.15, -0.1) is 0 Å². The molecule has 0 bridgehead atoms. The molecule has 0 aliphatic rings. The first kappa shape index (κ1) is 10.4. The van der Waals surface area contributed by atoms with E-state index in [1.165, 1.54) is 38.5 Å². The molecule has 0 amide bonds. The zero-order valence-electron chi connectivity index (χ0n) is 8.63. The van der Waals surface area contributed by atoms with E-state index in [4.69, 9.17) is 0 Å². The average Bonchev–Trinajstić information content (AvgIpc) is 2.63. The maximum absolute atomic E-state index is 3.16. The van der Waals surface area contributed by atoms with Gasteiger partial charge in [0.2, 0.25) is 0 Å². The van der Waals surface area contributed by atoms with Crippen LogP contribution in [0.3, 0.4) is 0 Å². The van der Waals surface area contributed by atoms with Crippen LogP contribution < -0.4 is 0 Å². The third-order valence-corrected chi connectivity index (χ3v) is 2.36. The summed E-state index contributed by atoms with van der Waals surface area (Å²) in [4.78, 5) is 0.